The first-order valence-electron chi connectivity index (χ1n) is 18.1. The molecule has 3 heterocycles. The van der Waals surface area contributed by atoms with Crippen LogP contribution in [0.15, 0.2) is 34.4 Å². The van der Waals surface area contributed by atoms with Crippen molar-refractivity contribution in [3.05, 3.63) is 30.2 Å². The summed E-state index contributed by atoms with van der Waals surface area (Å²) >= 11 is 1.11. The fourth-order valence-corrected chi connectivity index (χ4v) is 9.61. The second-order valence-electron chi connectivity index (χ2n) is 15.8. The number of nitrogens with one attached hydrogen (secondary N) is 4. The number of carbonyl (C=O) groups is 5. The number of Topliss-reactive ketones (excluding diaryl/α,β-unsaturated/α-hetero) is 1. The number of nitrogens with zero attached hydrogens (tertiary/aromatic N) is 2. The molecule has 3 aliphatic rings. The highest BCUT2D eigenvalue weighted by molar-refractivity contribution is 7.91. The molecule has 290 valence electrons. The van der Waals surface area contributed by atoms with E-state index in [2.05, 4.69) is 27.8 Å². The number of amides is 5. The molecule has 3 fully saturated rings. The van der Waals surface area contributed by atoms with E-state index in [-0.39, 0.29) is 54.1 Å². The quantitative estimate of drug-likeness (QED) is 0.207. The first-order valence-corrected chi connectivity index (χ1v) is 20.4. The number of carbonyl (C=O) groups excluding carboxylic acids is 5. The van der Waals surface area contributed by atoms with Crippen molar-refractivity contribution in [3.63, 3.8) is 0 Å². The van der Waals surface area contributed by atoms with Gasteiger partial charge in [-0.05, 0) is 47.0 Å². The highest BCUT2D eigenvalue weighted by Crippen LogP contribution is 2.65. The van der Waals surface area contributed by atoms with Crippen LogP contribution in [0, 0.1) is 22.7 Å². The molecule has 6 atom stereocenters. The van der Waals surface area contributed by atoms with E-state index in [4.69, 9.17) is 4.74 Å². The molecule has 0 bridgehead atoms. The maximum Gasteiger partial charge on any atom is 0.315 e. The van der Waals surface area contributed by atoms with Crippen molar-refractivity contribution < 1.29 is 37.1 Å². The Morgan fingerprint density at radius 1 is 1.17 bits per heavy atom. The molecule has 1 saturated carbocycles. The van der Waals surface area contributed by atoms with Crippen LogP contribution < -0.4 is 21.3 Å². The lowest BCUT2D eigenvalue weighted by Gasteiger charge is -2.36. The monoisotopic (exact) mass is 764 g/mol. The summed E-state index contributed by atoms with van der Waals surface area (Å²) in [7, 11) is -2.32. The summed E-state index contributed by atoms with van der Waals surface area (Å²) in [6, 6.07) is -1.26. The molecule has 52 heavy (non-hydrogen) atoms. The topological polar surface area (TPSA) is 183 Å². The van der Waals surface area contributed by atoms with Crippen molar-refractivity contribution in [1.29, 1.82) is 0 Å². The summed E-state index contributed by atoms with van der Waals surface area (Å²) in [6.07, 6.45) is 5.57. The normalized spacial score (nSPS) is 26.4. The molecule has 4 rings (SSSR count). The Kier molecular flexibility index (Phi) is 13.7. The molecule has 2 saturated heterocycles. The largest absolute Gasteiger partial charge is 0.379 e. The van der Waals surface area contributed by atoms with E-state index in [9.17, 15) is 32.4 Å². The fraction of sp³-hybridized carbons (Fsp3) is 0.694. The number of sulfonamides is 1. The molecule has 14 nitrogen and oxygen atoms in total. The van der Waals surface area contributed by atoms with Gasteiger partial charge in [0.1, 0.15) is 16.3 Å². The summed E-state index contributed by atoms with van der Waals surface area (Å²) in [6.45, 7) is 13.9. The molecule has 0 radical (unpaired) electrons. The Morgan fingerprint density at radius 3 is 2.52 bits per heavy atom. The number of likely N-dealkylation sites (N-methyl/N-ethyl adjacent to an activating group) is 1. The Balaban J connectivity index is 1.55. The average molecular weight is 765 g/mol. The fourth-order valence-electron chi connectivity index (χ4n) is 7.22. The minimum atomic E-state index is -3.79. The molecule has 1 aliphatic carbocycles. The Morgan fingerprint density at radius 2 is 1.87 bits per heavy atom. The van der Waals surface area contributed by atoms with Crippen LogP contribution >= 0.6 is 11.3 Å². The zero-order valence-electron chi connectivity index (χ0n) is 31.2. The molecular weight excluding hydrogens is 709 g/mol. The van der Waals surface area contributed by atoms with E-state index in [0.717, 1.165) is 37.0 Å². The molecular formula is C36H56N6O8S2. The zero-order chi connectivity index (χ0) is 38.4. The number of piperidine rings is 1. The maximum absolute atomic E-state index is 14.3. The van der Waals surface area contributed by atoms with E-state index in [1.54, 1.807) is 11.4 Å². The predicted octanol–water partition coefficient (Wildman–Crippen LogP) is 2.66. The molecule has 1 aromatic heterocycles. The molecule has 0 spiro atoms. The van der Waals surface area contributed by atoms with Gasteiger partial charge in [-0.3, -0.25) is 19.2 Å². The zero-order valence-corrected chi connectivity index (χ0v) is 32.9. The van der Waals surface area contributed by atoms with Crippen molar-refractivity contribution in [2.24, 2.45) is 22.7 Å². The van der Waals surface area contributed by atoms with E-state index >= 15 is 0 Å². The van der Waals surface area contributed by atoms with Gasteiger partial charge in [-0.25, -0.2) is 13.2 Å². The predicted molar refractivity (Wildman–Crippen MR) is 198 cm³/mol. The lowest BCUT2D eigenvalue weighted by Crippen LogP contribution is -2.61. The molecule has 4 N–H and O–H groups in total. The molecule has 2 aliphatic heterocycles. The summed E-state index contributed by atoms with van der Waals surface area (Å²) in [5, 5.41) is 12.7. The molecule has 0 aromatic carbocycles. The Labute approximate surface area is 311 Å². The van der Waals surface area contributed by atoms with Crippen LogP contribution in [0.25, 0.3) is 0 Å². The van der Waals surface area contributed by atoms with Crippen LogP contribution in [-0.4, -0.2) is 111 Å². The van der Waals surface area contributed by atoms with Gasteiger partial charge in [0.15, 0.2) is 0 Å². The summed E-state index contributed by atoms with van der Waals surface area (Å²) < 4.78 is 33.7. The number of hydrogen-bond acceptors (Lipinski definition) is 9. The number of fused-ring (bicyclic) bond motifs is 3. The maximum atomic E-state index is 14.3. The second kappa shape index (κ2) is 17.2. The first kappa shape index (κ1) is 41.4. The van der Waals surface area contributed by atoms with E-state index in [1.807, 2.05) is 34.6 Å². The van der Waals surface area contributed by atoms with Crippen molar-refractivity contribution in [1.82, 2.24) is 30.5 Å². The lowest BCUT2D eigenvalue weighted by atomic mass is 9.87. The van der Waals surface area contributed by atoms with Gasteiger partial charge in [0, 0.05) is 39.3 Å². The molecule has 5 amide bonds. The average Bonchev–Trinajstić information content (AvgIpc) is 3.53. The smallest absolute Gasteiger partial charge is 0.315 e. The van der Waals surface area contributed by atoms with E-state index in [1.165, 1.54) is 28.4 Å². The summed E-state index contributed by atoms with van der Waals surface area (Å²) in [5.74, 6) is -2.71. The van der Waals surface area contributed by atoms with Crippen LogP contribution in [0.1, 0.15) is 73.1 Å². The number of ether oxygens (including phenoxy) is 1. The Hall–Kier alpha value is -3.34. The van der Waals surface area contributed by atoms with Gasteiger partial charge < -0.3 is 30.9 Å². The van der Waals surface area contributed by atoms with Crippen molar-refractivity contribution >= 4 is 50.9 Å². The van der Waals surface area contributed by atoms with Crippen molar-refractivity contribution in [3.8, 4) is 0 Å². The van der Waals surface area contributed by atoms with Gasteiger partial charge >= 0.3 is 6.03 Å². The minimum absolute atomic E-state index is 0.0232. The van der Waals surface area contributed by atoms with E-state index in [0.29, 0.717) is 13.0 Å². The first-order chi connectivity index (χ1) is 24.4. The minimum Gasteiger partial charge on any atom is -0.379 e. The van der Waals surface area contributed by atoms with E-state index < -0.39 is 69.1 Å². The van der Waals surface area contributed by atoms with Crippen LogP contribution in [0.3, 0.4) is 0 Å². The lowest BCUT2D eigenvalue weighted by molar-refractivity contribution is -0.144. The van der Waals surface area contributed by atoms with Gasteiger partial charge in [0.25, 0.3) is 15.9 Å². The third-order valence-corrected chi connectivity index (χ3v) is 13.8. The van der Waals surface area contributed by atoms with Crippen LogP contribution in [0.5, 0.6) is 0 Å². The third-order valence-electron chi connectivity index (χ3n) is 10.6. The highest BCUT2D eigenvalue weighted by atomic mass is 32.2. The molecule has 0 unspecified atom stereocenters. The number of urea groups is 1. The standard InChI is InChI=1S/C36H56N6O8S2/c1-8-17-37-32(45)30(43)24-15-12-10-9-11-13-18-50-22-25(33(46)42-20-23-28(36(23,5)6)29(42)31(44)38-24)39-34(47)40-26(35(2,3)4)21-41(7)52(48,49)27-16-14-19-51-27/h8,14,16,19,23-26,28-29H,1,9-13,15,17-18,20-22H2,2-7H3,(H,37,45)(H,38,44)(H2,39,40,47)/t23-,24-,25-,26+,28-,29-/m0/s1. The van der Waals surface area contributed by atoms with Crippen molar-refractivity contribution in [2.75, 3.05) is 39.9 Å². The van der Waals surface area contributed by atoms with Crippen LogP contribution in [0.2, 0.25) is 0 Å². The number of thiophene rings is 1. The summed E-state index contributed by atoms with van der Waals surface area (Å²) in [4.78, 5) is 69.4. The highest BCUT2D eigenvalue weighted by Gasteiger charge is 2.69. The molecule has 1 aromatic rings. The van der Waals surface area contributed by atoms with Crippen LogP contribution in [-0.2, 0) is 33.9 Å². The van der Waals surface area contributed by atoms with Gasteiger partial charge in [-0.15, -0.1) is 17.9 Å². The third kappa shape index (κ3) is 9.79. The van der Waals surface area contributed by atoms with Crippen molar-refractivity contribution in [2.45, 2.75) is 102 Å². The van der Waals surface area contributed by atoms with Gasteiger partial charge in [-0.2, -0.15) is 4.31 Å². The Bertz CT molecular complexity index is 1570. The van der Waals surface area contributed by atoms with Crippen LogP contribution in [0.4, 0.5) is 4.79 Å². The number of rotatable bonds is 10. The van der Waals surface area contributed by atoms with Gasteiger partial charge in [0.05, 0.1) is 12.6 Å². The number of ketones is 1. The number of hydrogen-bond donors (Lipinski definition) is 4. The van der Waals surface area contributed by atoms with Gasteiger partial charge in [-0.1, -0.05) is 72.4 Å². The molecule has 16 heteroatoms. The summed E-state index contributed by atoms with van der Waals surface area (Å²) in [5.41, 5.74) is -0.800. The SMILES string of the molecule is C=CCNC(=O)C(=O)[C@@H]1CCCCCCCOC[C@H](NC(=O)N[C@H](CN(C)S(=O)(=O)c2cccs2)C(C)(C)C)C(=O)N2C[C@H]3[C@@H]([C@H]2C(=O)N1)C3(C)C. The van der Waals surface area contributed by atoms with Gasteiger partial charge in [0.2, 0.25) is 17.6 Å². The second-order valence-corrected chi connectivity index (χ2v) is 19.0.